The van der Waals surface area contributed by atoms with Crippen molar-refractivity contribution >= 4 is 17.8 Å². The number of ketones is 2. The van der Waals surface area contributed by atoms with Crippen molar-refractivity contribution in [3.05, 3.63) is 71.8 Å². The second-order valence-electron chi connectivity index (χ2n) is 7.45. The highest BCUT2D eigenvalue weighted by Gasteiger charge is 2.38. The van der Waals surface area contributed by atoms with Gasteiger partial charge in [0, 0.05) is 19.1 Å². The van der Waals surface area contributed by atoms with E-state index in [0.717, 1.165) is 11.1 Å². The van der Waals surface area contributed by atoms with Gasteiger partial charge in [0.2, 0.25) is 0 Å². The zero-order chi connectivity index (χ0) is 17.9. The topological polar surface area (TPSA) is 46.5 Å². The van der Waals surface area contributed by atoms with Crippen molar-refractivity contribution in [1.82, 2.24) is 0 Å². The van der Waals surface area contributed by atoms with Crippen LogP contribution in [0.5, 0.6) is 0 Å². The molecule has 0 heterocycles. The van der Waals surface area contributed by atoms with Crippen LogP contribution in [0.15, 0.2) is 65.7 Å². The van der Waals surface area contributed by atoms with Crippen LogP contribution in [0, 0.1) is 11.3 Å². The van der Waals surface area contributed by atoms with Gasteiger partial charge in [0.15, 0.2) is 0 Å². The summed E-state index contributed by atoms with van der Waals surface area (Å²) in [5.74, 6) is -0.752. The van der Waals surface area contributed by atoms with Gasteiger partial charge < -0.3 is 0 Å². The van der Waals surface area contributed by atoms with Gasteiger partial charge in [-0.3, -0.25) is 14.6 Å². The first kappa shape index (κ1) is 17.3. The Labute approximate surface area is 148 Å². The van der Waals surface area contributed by atoms with E-state index in [1.54, 1.807) is 6.21 Å². The molecule has 0 aromatic heterocycles. The Bertz CT molecular complexity index is 719. The van der Waals surface area contributed by atoms with Crippen molar-refractivity contribution in [2.75, 3.05) is 0 Å². The third kappa shape index (κ3) is 4.11. The minimum absolute atomic E-state index is 0.0233. The van der Waals surface area contributed by atoms with Crippen LogP contribution >= 0.6 is 0 Å². The first-order valence-electron chi connectivity index (χ1n) is 8.65. The van der Waals surface area contributed by atoms with Crippen LogP contribution in [0.1, 0.15) is 43.9 Å². The molecular formula is C22H23NO2. The van der Waals surface area contributed by atoms with Gasteiger partial charge >= 0.3 is 0 Å². The molecule has 0 aliphatic heterocycles. The fourth-order valence-electron chi connectivity index (χ4n) is 3.38. The second-order valence-corrected chi connectivity index (χ2v) is 7.45. The minimum Gasteiger partial charge on any atom is -0.298 e. The molecule has 1 saturated carbocycles. The van der Waals surface area contributed by atoms with E-state index in [0.29, 0.717) is 12.8 Å². The highest BCUT2D eigenvalue weighted by molar-refractivity contribution is 6.16. The molecule has 2 aromatic carbocycles. The van der Waals surface area contributed by atoms with Crippen LogP contribution in [0.2, 0.25) is 0 Å². The van der Waals surface area contributed by atoms with Crippen molar-refractivity contribution in [2.24, 2.45) is 16.3 Å². The molecule has 1 aliphatic rings. The van der Waals surface area contributed by atoms with Crippen molar-refractivity contribution < 1.29 is 9.59 Å². The molecule has 1 aliphatic carbocycles. The molecule has 3 rings (SSSR count). The number of aliphatic imine (C=N–C) groups is 1. The van der Waals surface area contributed by atoms with E-state index in [1.807, 2.05) is 74.5 Å². The molecule has 0 amide bonds. The zero-order valence-electron chi connectivity index (χ0n) is 14.7. The zero-order valence-corrected chi connectivity index (χ0v) is 14.7. The maximum Gasteiger partial charge on any atom is 0.149 e. The average molecular weight is 333 g/mol. The molecule has 0 bridgehead atoms. The fourth-order valence-corrected chi connectivity index (χ4v) is 3.38. The SMILES string of the molecule is CC1(C)CC(=O)C(C=NC(c2ccccc2)c2ccccc2)C(=O)C1. The van der Waals surface area contributed by atoms with Crippen LogP contribution in [-0.2, 0) is 9.59 Å². The summed E-state index contributed by atoms with van der Waals surface area (Å²) in [6.07, 6.45) is 2.43. The average Bonchev–Trinajstić information content (AvgIpc) is 2.58. The Morgan fingerprint density at radius 3 is 1.76 bits per heavy atom. The molecule has 2 aromatic rings. The molecule has 25 heavy (non-hydrogen) atoms. The van der Waals surface area contributed by atoms with Gasteiger partial charge in [0.05, 0.1) is 6.04 Å². The summed E-state index contributed by atoms with van der Waals surface area (Å²) >= 11 is 0. The van der Waals surface area contributed by atoms with E-state index in [1.165, 1.54) is 0 Å². The number of hydrogen-bond donors (Lipinski definition) is 0. The Balaban J connectivity index is 1.89. The summed E-state index contributed by atoms with van der Waals surface area (Å²) in [7, 11) is 0. The predicted molar refractivity (Wildman–Crippen MR) is 99.7 cm³/mol. The summed E-state index contributed by atoms with van der Waals surface area (Å²) in [6, 6.07) is 19.7. The molecule has 0 radical (unpaired) electrons. The Kier molecular flexibility index (Phi) is 4.93. The van der Waals surface area contributed by atoms with Gasteiger partial charge in [-0.25, -0.2) is 0 Å². The molecule has 0 spiro atoms. The third-order valence-corrected chi connectivity index (χ3v) is 4.61. The van der Waals surface area contributed by atoms with Crippen LogP contribution in [0.4, 0.5) is 0 Å². The largest absolute Gasteiger partial charge is 0.298 e. The number of carbonyl (C=O) groups excluding carboxylic acids is 2. The van der Waals surface area contributed by atoms with Gasteiger partial charge in [0.25, 0.3) is 0 Å². The minimum atomic E-state index is -0.706. The number of Topliss-reactive ketones (excluding diaryl/α,β-unsaturated/α-hetero) is 2. The number of benzene rings is 2. The fraction of sp³-hybridized carbons (Fsp3) is 0.318. The summed E-state index contributed by atoms with van der Waals surface area (Å²) in [5, 5.41) is 0. The molecule has 128 valence electrons. The van der Waals surface area contributed by atoms with E-state index in [4.69, 9.17) is 0 Å². The van der Waals surface area contributed by atoms with E-state index in [-0.39, 0.29) is 23.0 Å². The molecule has 0 saturated heterocycles. The highest BCUT2D eigenvalue weighted by Crippen LogP contribution is 2.34. The summed E-state index contributed by atoms with van der Waals surface area (Å²) in [4.78, 5) is 29.5. The van der Waals surface area contributed by atoms with Crippen LogP contribution < -0.4 is 0 Å². The molecule has 3 nitrogen and oxygen atoms in total. The highest BCUT2D eigenvalue weighted by atomic mass is 16.2. The standard InChI is InChI=1S/C22H23NO2/c1-22(2)13-19(24)18(20(25)14-22)15-23-21(16-9-5-3-6-10-16)17-11-7-4-8-12-17/h3-12,15,18,21H,13-14H2,1-2H3. The van der Waals surface area contributed by atoms with Crippen molar-refractivity contribution in [3.8, 4) is 0 Å². The normalized spacial score (nSPS) is 18.2. The smallest absolute Gasteiger partial charge is 0.149 e. The van der Waals surface area contributed by atoms with Crippen LogP contribution in [0.3, 0.4) is 0 Å². The van der Waals surface area contributed by atoms with E-state index < -0.39 is 5.92 Å². The lowest BCUT2D eigenvalue weighted by atomic mass is 9.72. The molecule has 0 N–H and O–H groups in total. The lowest BCUT2D eigenvalue weighted by Gasteiger charge is -2.30. The van der Waals surface area contributed by atoms with Gasteiger partial charge in [-0.05, 0) is 16.5 Å². The van der Waals surface area contributed by atoms with Crippen LogP contribution in [-0.4, -0.2) is 17.8 Å². The van der Waals surface area contributed by atoms with Gasteiger partial charge in [-0.15, -0.1) is 0 Å². The van der Waals surface area contributed by atoms with E-state index in [2.05, 4.69) is 4.99 Å². The van der Waals surface area contributed by atoms with E-state index in [9.17, 15) is 9.59 Å². The predicted octanol–water partition coefficient (Wildman–Crippen LogP) is 4.42. The molecular weight excluding hydrogens is 310 g/mol. The maximum absolute atomic E-state index is 12.4. The first-order chi connectivity index (χ1) is 12.0. The first-order valence-corrected chi connectivity index (χ1v) is 8.65. The molecule has 0 unspecified atom stereocenters. The number of rotatable bonds is 4. The van der Waals surface area contributed by atoms with E-state index >= 15 is 0 Å². The summed E-state index contributed by atoms with van der Waals surface area (Å²) < 4.78 is 0. The Morgan fingerprint density at radius 1 is 0.880 bits per heavy atom. The lowest BCUT2D eigenvalue weighted by molar-refractivity contribution is -0.136. The Morgan fingerprint density at radius 2 is 1.32 bits per heavy atom. The quantitative estimate of drug-likeness (QED) is 0.614. The molecule has 1 fully saturated rings. The molecule has 3 heteroatoms. The second kappa shape index (κ2) is 7.14. The van der Waals surface area contributed by atoms with Crippen molar-refractivity contribution in [1.29, 1.82) is 0 Å². The molecule has 0 atom stereocenters. The summed E-state index contributed by atoms with van der Waals surface area (Å²) in [6.45, 7) is 3.93. The number of hydrogen-bond acceptors (Lipinski definition) is 3. The third-order valence-electron chi connectivity index (χ3n) is 4.61. The number of nitrogens with zero attached hydrogens (tertiary/aromatic N) is 1. The van der Waals surface area contributed by atoms with Crippen LogP contribution in [0.25, 0.3) is 0 Å². The number of carbonyl (C=O) groups is 2. The van der Waals surface area contributed by atoms with Gasteiger partial charge in [-0.2, -0.15) is 0 Å². The van der Waals surface area contributed by atoms with Gasteiger partial charge in [0.1, 0.15) is 17.5 Å². The maximum atomic E-state index is 12.4. The van der Waals surface area contributed by atoms with Crippen molar-refractivity contribution in [3.63, 3.8) is 0 Å². The van der Waals surface area contributed by atoms with Crippen molar-refractivity contribution in [2.45, 2.75) is 32.7 Å². The Hall–Kier alpha value is -2.55. The van der Waals surface area contributed by atoms with Gasteiger partial charge in [-0.1, -0.05) is 74.5 Å². The summed E-state index contributed by atoms with van der Waals surface area (Å²) in [5.41, 5.74) is 1.85. The lowest BCUT2D eigenvalue weighted by Crippen LogP contribution is -2.38. The monoisotopic (exact) mass is 333 g/mol.